The molecule has 0 aromatic heterocycles. The minimum absolute atomic E-state index is 0.338. The van der Waals surface area contributed by atoms with Gasteiger partial charge in [0.1, 0.15) is 5.82 Å². The Balaban J connectivity index is 0.000000185. The molecule has 24 heavy (non-hydrogen) atoms. The Morgan fingerprint density at radius 2 is 1.83 bits per heavy atom. The van der Waals surface area contributed by atoms with Gasteiger partial charge in [0.05, 0.1) is 11.3 Å². The van der Waals surface area contributed by atoms with Crippen LogP contribution in [0.1, 0.15) is 36.0 Å². The summed E-state index contributed by atoms with van der Waals surface area (Å²) in [5.74, 6) is 4.21. The van der Waals surface area contributed by atoms with Gasteiger partial charge >= 0.3 is 0 Å². The van der Waals surface area contributed by atoms with E-state index in [0.29, 0.717) is 16.4 Å². The summed E-state index contributed by atoms with van der Waals surface area (Å²) in [5.41, 5.74) is 8.43. The van der Waals surface area contributed by atoms with Crippen LogP contribution < -0.4 is 16.4 Å². The van der Waals surface area contributed by atoms with Gasteiger partial charge in [-0.3, -0.25) is 5.32 Å². The molecule has 134 valence electrons. The van der Waals surface area contributed by atoms with Crippen LogP contribution in [0.5, 0.6) is 0 Å². The van der Waals surface area contributed by atoms with E-state index in [-0.39, 0.29) is 0 Å². The smallest absolute Gasteiger partial charge is 0.108 e. The van der Waals surface area contributed by atoms with Crippen molar-refractivity contribution in [1.29, 1.82) is 0 Å². The highest BCUT2D eigenvalue weighted by Gasteiger charge is 2.20. The second-order valence-electron chi connectivity index (χ2n) is 6.33. The van der Waals surface area contributed by atoms with Gasteiger partial charge in [-0.1, -0.05) is 43.7 Å². The van der Waals surface area contributed by atoms with E-state index in [9.17, 15) is 0 Å². The van der Waals surface area contributed by atoms with E-state index in [0.717, 1.165) is 23.9 Å². The third-order valence-corrected chi connectivity index (χ3v) is 8.10. The molecule has 0 saturated carbocycles. The van der Waals surface area contributed by atoms with Crippen molar-refractivity contribution in [2.45, 2.75) is 37.8 Å². The molecule has 0 aliphatic carbocycles. The highest BCUT2D eigenvalue weighted by molar-refractivity contribution is 8.16. The first-order valence-corrected chi connectivity index (χ1v) is 11.0. The number of nitrogens with one attached hydrogen (secondary N) is 2. The number of nitrogens with two attached hydrogens (primary N) is 1. The third-order valence-electron chi connectivity index (χ3n) is 4.06. The zero-order chi connectivity index (χ0) is 17.5. The molecule has 0 amide bonds. The number of thiol groups is 1. The van der Waals surface area contributed by atoms with Gasteiger partial charge in [-0.2, -0.15) is 0 Å². The van der Waals surface area contributed by atoms with E-state index in [4.69, 9.17) is 5.73 Å². The number of hydrogen-bond acceptors (Lipinski definition) is 6. The Morgan fingerprint density at radius 3 is 2.38 bits per heavy atom. The van der Waals surface area contributed by atoms with Crippen molar-refractivity contribution in [3.8, 4) is 0 Å². The normalized spacial score (nSPS) is 27.1. The first kappa shape index (κ1) is 19.9. The molecule has 6 heteroatoms. The van der Waals surface area contributed by atoms with Crippen LogP contribution >= 0.6 is 36.2 Å². The number of hydrogen-bond donors (Lipinski definition) is 4. The van der Waals surface area contributed by atoms with E-state index >= 15 is 0 Å². The molecule has 1 aromatic carbocycles. The van der Waals surface area contributed by atoms with Gasteiger partial charge in [-0.25, -0.2) is 0 Å². The van der Waals surface area contributed by atoms with Crippen LogP contribution in [0.2, 0.25) is 0 Å². The highest BCUT2D eigenvalue weighted by Crippen LogP contribution is 2.45. The lowest BCUT2D eigenvalue weighted by atomic mass is 10.2. The van der Waals surface area contributed by atoms with Gasteiger partial charge in [0.25, 0.3) is 0 Å². The molecule has 1 atom stereocenters. The number of aryl methyl sites for hydroxylation is 1. The molecule has 0 bridgehead atoms. The number of benzene rings is 1. The quantitative estimate of drug-likeness (QED) is 0.580. The second kappa shape index (κ2) is 9.90. The molecule has 1 saturated heterocycles. The molecular weight excluding hydrogens is 354 g/mol. The summed E-state index contributed by atoms with van der Waals surface area (Å²) in [4.78, 5) is 0.925. The largest absolute Gasteiger partial charge is 0.385 e. The van der Waals surface area contributed by atoms with Crippen LogP contribution in [0.4, 0.5) is 0 Å². The average Bonchev–Trinajstić information content (AvgIpc) is 2.59. The van der Waals surface area contributed by atoms with Crippen LogP contribution in [0.15, 0.2) is 35.0 Å². The topological polar surface area (TPSA) is 50.1 Å². The summed E-state index contributed by atoms with van der Waals surface area (Å²) in [5, 5.41) is 6.19. The minimum Gasteiger partial charge on any atom is -0.385 e. The van der Waals surface area contributed by atoms with Crippen LogP contribution in [0.25, 0.3) is 0 Å². The van der Waals surface area contributed by atoms with Crippen molar-refractivity contribution in [2.75, 3.05) is 18.2 Å². The zero-order valence-corrected chi connectivity index (χ0v) is 17.2. The van der Waals surface area contributed by atoms with Crippen molar-refractivity contribution in [3.63, 3.8) is 0 Å². The summed E-state index contributed by atoms with van der Waals surface area (Å²) in [6, 6.07) is 9.32. The van der Waals surface area contributed by atoms with Gasteiger partial charge in [-0.05, 0) is 36.3 Å². The van der Waals surface area contributed by atoms with E-state index < -0.39 is 0 Å². The molecule has 0 spiro atoms. The maximum Gasteiger partial charge on any atom is 0.108 e. The Bertz CT molecular complexity index is 537. The fraction of sp³-hybridized carbons (Fsp3) is 0.556. The van der Waals surface area contributed by atoms with Crippen molar-refractivity contribution in [2.24, 2.45) is 11.7 Å². The van der Waals surface area contributed by atoms with Crippen molar-refractivity contribution >= 4 is 36.2 Å². The van der Waals surface area contributed by atoms with Gasteiger partial charge in [0, 0.05) is 10.9 Å². The van der Waals surface area contributed by atoms with Crippen LogP contribution in [0, 0.1) is 12.8 Å². The summed E-state index contributed by atoms with van der Waals surface area (Å²) in [6.07, 6.45) is 1.03. The zero-order valence-electron chi connectivity index (χ0n) is 14.7. The molecule has 0 radical (unpaired) electrons. The predicted molar refractivity (Wildman–Crippen MR) is 113 cm³/mol. The lowest BCUT2D eigenvalue weighted by Crippen LogP contribution is -2.45. The Morgan fingerprint density at radius 1 is 1.21 bits per heavy atom. The lowest BCUT2D eigenvalue weighted by Gasteiger charge is -2.25. The monoisotopic (exact) mass is 383 g/mol. The van der Waals surface area contributed by atoms with Crippen molar-refractivity contribution in [3.05, 3.63) is 46.1 Å². The summed E-state index contributed by atoms with van der Waals surface area (Å²) in [6.45, 7) is 7.33. The molecular formula is C18H29N3S3. The highest BCUT2D eigenvalue weighted by atomic mass is 32.2. The molecule has 3 nitrogen and oxygen atoms in total. The van der Waals surface area contributed by atoms with E-state index in [1.165, 1.54) is 22.6 Å². The predicted octanol–water partition coefficient (Wildman–Crippen LogP) is 4.08. The van der Waals surface area contributed by atoms with Crippen LogP contribution in [-0.4, -0.2) is 24.2 Å². The Labute approximate surface area is 160 Å². The van der Waals surface area contributed by atoms with Gasteiger partial charge < -0.3 is 11.1 Å². The van der Waals surface area contributed by atoms with E-state index in [1.54, 1.807) is 0 Å². The summed E-state index contributed by atoms with van der Waals surface area (Å²) < 4.78 is 0.673. The summed E-state index contributed by atoms with van der Waals surface area (Å²) in [7, 11) is 0. The first-order chi connectivity index (χ1) is 11.5. The van der Waals surface area contributed by atoms with Gasteiger partial charge in [0.15, 0.2) is 0 Å². The van der Waals surface area contributed by atoms with Gasteiger partial charge in [-0.15, -0.1) is 36.2 Å². The Kier molecular flexibility index (Phi) is 8.20. The van der Waals surface area contributed by atoms with Crippen molar-refractivity contribution in [1.82, 2.24) is 10.6 Å². The molecule has 1 aromatic rings. The number of rotatable bonds is 2. The fourth-order valence-corrected chi connectivity index (χ4v) is 5.80. The second-order valence-corrected chi connectivity index (χ2v) is 9.39. The van der Waals surface area contributed by atoms with Crippen LogP contribution in [-0.2, 0) is 0 Å². The molecule has 4 N–H and O–H groups in total. The minimum atomic E-state index is 0.338. The standard InChI is InChI=1S/C12H16S2.C6H13N3S/c1-9-3-5-11(6-4-9)12-13-7-10(2)8-14-12;1-2-4-5(10)6(7)9-3-8-4/h3-6,10,12H,7-8H2,1-2H3;4,8-10H,2-3,7H2,1H3. The maximum absolute atomic E-state index is 5.60. The Hall–Kier alpha value is -0.430. The molecule has 1 fully saturated rings. The average molecular weight is 384 g/mol. The number of thioether (sulfide) groups is 2. The fourth-order valence-electron chi connectivity index (χ4n) is 2.50. The van der Waals surface area contributed by atoms with Gasteiger partial charge in [0.2, 0.25) is 0 Å². The third kappa shape index (κ3) is 5.83. The molecule has 3 rings (SSSR count). The molecule has 1 unspecified atom stereocenters. The molecule has 2 aliphatic rings. The SMILES string of the molecule is CCC1NCNC(N)=C1S.Cc1ccc(C2SCC(C)CS2)cc1. The van der Waals surface area contributed by atoms with E-state index in [1.807, 2.05) is 0 Å². The lowest BCUT2D eigenvalue weighted by molar-refractivity contribution is 0.507. The van der Waals surface area contributed by atoms with Crippen molar-refractivity contribution < 1.29 is 0 Å². The molecule has 2 heterocycles. The maximum atomic E-state index is 5.60. The first-order valence-electron chi connectivity index (χ1n) is 8.46. The van der Waals surface area contributed by atoms with E-state index in [2.05, 4.69) is 91.8 Å². The molecule has 2 aliphatic heterocycles. The summed E-state index contributed by atoms with van der Waals surface area (Å²) >= 11 is 8.45. The van der Waals surface area contributed by atoms with Crippen LogP contribution in [0.3, 0.4) is 0 Å².